The molecule has 11 heavy (non-hydrogen) atoms. The highest BCUT2D eigenvalue weighted by Crippen LogP contribution is 2.24. The fraction of sp³-hybridized carbons (Fsp3) is 0. The summed E-state index contributed by atoms with van der Waals surface area (Å²) in [5.74, 6) is -0.537. The van der Waals surface area contributed by atoms with E-state index in [4.69, 9.17) is 5.53 Å². The lowest BCUT2D eigenvalue weighted by atomic mass is 10.3. The van der Waals surface area contributed by atoms with Crippen LogP contribution in [-0.4, -0.2) is 0 Å². The van der Waals surface area contributed by atoms with E-state index in [-0.39, 0.29) is 5.69 Å². The molecule has 0 heterocycles. The summed E-state index contributed by atoms with van der Waals surface area (Å²) in [6.07, 6.45) is 0. The number of halogens is 2. The van der Waals surface area contributed by atoms with E-state index in [1.165, 1.54) is 12.1 Å². The van der Waals surface area contributed by atoms with Crippen molar-refractivity contribution in [1.29, 1.82) is 0 Å². The Morgan fingerprint density at radius 2 is 2.27 bits per heavy atom. The van der Waals surface area contributed by atoms with E-state index in [9.17, 15) is 4.39 Å². The molecule has 0 aromatic heterocycles. The molecule has 0 spiro atoms. The molecule has 0 saturated carbocycles. The second-order valence-corrected chi connectivity index (χ2v) is 2.62. The fourth-order valence-corrected chi connectivity index (χ4v) is 0.974. The Morgan fingerprint density at radius 1 is 1.55 bits per heavy atom. The van der Waals surface area contributed by atoms with Gasteiger partial charge in [-0.1, -0.05) is 11.2 Å². The zero-order chi connectivity index (χ0) is 8.27. The summed E-state index contributed by atoms with van der Waals surface area (Å²) in [5, 5.41) is 3.14. The second-order valence-electron chi connectivity index (χ2n) is 1.76. The van der Waals surface area contributed by atoms with Gasteiger partial charge in [-0.25, -0.2) is 4.39 Å². The van der Waals surface area contributed by atoms with Gasteiger partial charge in [0.05, 0.1) is 10.2 Å². The number of nitrogens with zero attached hydrogens (tertiary/aromatic N) is 3. The van der Waals surface area contributed by atoms with Gasteiger partial charge in [0.25, 0.3) is 0 Å². The summed E-state index contributed by atoms with van der Waals surface area (Å²) in [5.41, 5.74) is 8.01. The van der Waals surface area contributed by atoms with Crippen molar-refractivity contribution in [2.24, 2.45) is 5.11 Å². The van der Waals surface area contributed by atoms with Crippen LogP contribution in [0.15, 0.2) is 27.8 Å². The topological polar surface area (TPSA) is 48.8 Å². The lowest BCUT2D eigenvalue weighted by Gasteiger charge is -1.95. The number of azide groups is 1. The molecule has 0 atom stereocenters. The highest BCUT2D eigenvalue weighted by molar-refractivity contribution is 9.10. The number of hydrogen-bond acceptors (Lipinski definition) is 1. The van der Waals surface area contributed by atoms with Gasteiger partial charge in [0, 0.05) is 4.91 Å². The van der Waals surface area contributed by atoms with Crippen LogP contribution in [-0.2, 0) is 0 Å². The highest BCUT2D eigenvalue weighted by atomic mass is 79.9. The molecule has 5 heteroatoms. The van der Waals surface area contributed by atoms with Gasteiger partial charge in [0.15, 0.2) is 0 Å². The van der Waals surface area contributed by atoms with Crippen molar-refractivity contribution in [3.8, 4) is 0 Å². The highest BCUT2D eigenvalue weighted by Gasteiger charge is 2.01. The van der Waals surface area contributed by atoms with E-state index in [1.54, 1.807) is 6.07 Å². The number of rotatable bonds is 1. The Balaban J connectivity index is 3.26. The lowest BCUT2D eigenvalue weighted by molar-refractivity contribution is 0.623. The van der Waals surface area contributed by atoms with Crippen molar-refractivity contribution in [1.82, 2.24) is 0 Å². The van der Waals surface area contributed by atoms with Crippen molar-refractivity contribution < 1.29 is 4.39 Å². The summed E-state index contributed by atoms with van der Waals surface area (Å²) in [4.78, 5) is 2.47. The SMILES string of the molecule is [N-]=[N+]=Nc1cccc(Br)c1F. The second kappa shape index (κ2) is 3.37. The predicted molar refractivity (Wildman–Crippen MR) is 42.9 cm³/mol. The Bertz CT molecular complexity index is 320. The van der Waals surface area contributed by atoms with Crippen LogP contribution in [0.4, 0.5) is 10.1 Å². The fourth-order valence-electron chi connectivity index (χ4n) is 0.618. The molecule has 0 saturated heterocycles. The maximum atomic E-state index is 12.9. The van der Waals surface area contributed by atoms with E-state index >= 15 is 0 Å². The molecule has 0 N–H and O–H groups in total. The molecule has 1 aromatic carbocycles. The maximum absolute atomic E-state index is 12.9. The molecule has 0 unspecified atom stereocenters. The van der Waals surface area contributed by atoms with Crippen LogP contribution in [0.5, 0.6) is 0 Å². The van der Waals surface area contributed by atoms with Crippen molar-refractivity contribution in [3.63, 3.8) is 0 Å². The van der Waals surface area contributed by atoms with E-state index in [2.05, 4.69) is 26.0 Å². The van der Waals surface area contributed by atoms with Gasteiger partial charge in [-0.15, -0.1) is 0 Å². The summed E-state index contributed by atoms with van der Waals surface area (Å²) in [6.45, 7) is 0. The van der Waals surface area contributed by atoms with Crippen LogP contribution in [0, 0.1) is 5.82 Å². The predicted octanol–water partition coefficient (Wildman–Crippen LogP) is 3.53. The Morgan fingerprint density at radius 3 is 2.91 bits per heavy atom. The van der Waals surface area contributed by atoms with Gasteiger partial charge >= 0.3 is 0 Å². The zero-order valence-corrected chi connectivity index (χ0v) is 6.92. The largest absolute Gasteiger partial charge is 0.205 e. The normalized spacial score (nSPS) is 8.91. The van der Waals surface area contributed by atoms with Crippen LogP contribution in [0.3, 0.4) is 0 Å². The van der Waals surface area contributed by atoms with Gasteiger partial charge in [0.2, 0.25) is 0 Å². The monoisotopic (exact) mass is 215 g/mol. The van der Waals surface area contributed by atoms with Crippen LogP contribution in [0.2, 0.25) is 0 Å². The van der Waals surface area contributed by atoms with E-state index in [0.29, 0.717) is 4.47 Å². The molecule has 0 aliphatic carbocycles. The third-order valence-electron chi connectivity index (χ3n) is 1.08. The minimum atomic E-state index is -0.537. The standard InChI is InChI=1S/C6H3BrFN3/c7-4-2-1-3-5(6(4)8)10-11-9/h1-3H. The van der Waals surface area contributed by atoms with Crippen molar-refractivity contribution >= 4 is 21.6 Å². The Hall–Kier alpha value is -1.06. The van der Waals surface area contributed by atoms with Gasteiger partial charge in [-0.3, -0.25) is 0 Å². The molecule has 0 aliphatic heterocycles. The molecule has 1 rings (SSSR count). The summed E-state index contributed by atoms with van der Waals surface area (Å²) >= 11 is 2.96. The Kier molecular flexibility index (Phi) is 2.46. The first-order valence-corrected chi connectivity index (χ1v) is 3.54. The number of benzene rings is 1. The first-order chi connectivity index (χ1) is 5.25. The quantitative estimate of drug-likeness (QED) is 0.391. The van der Waals surface area contributed by atoms with Gasteiger partial charge in [-0.05, 0) is 33.6 Å². The van der Waals surface area contributed by atoms with Crippen LogP contribution < -0.4 is 0 Å². The molecule has 3 nitrogen and oxygen atoms in total. The van der Waals surface area contributed by atoms with Crippen molar-refractivity contribution in [2.75, 3.05) is 0 Å². The molecule has 0 aliphatic rings. The van der Waals surface area contributed by atoms with E-state index in [0.717, 1.165) is 0 Å². The van der Waals surface area contributed by atoms with Crippen molar-refractivity contribution in [2.45, 2.75) is 0 Å². The van der Waals surface area contributed by atoms with Gasteiger partial charge < -0.3 is 0 Å². The minimum absolute atomic E-state index is 0.00174. The number of hydrogen-bond donors (Lipinski definition) is 0. The van der Waals surface area contributed by atoms with Gasteiger partial charge in [-0.2, -0.15) is 0 Å². The van der Waals surface area contributed by atoms with Crippen LogP contribution in [0.25, 0.3) is 10.4 Å². The third-order valence-corrected chi connectivity index (χ3v) is 1.70. The molecular formula is C6H3BrFN3. The molecule has 0 radical (unpaired) electrons. The van der Waals surface area contributed by atoms with Crippen molar-refractivity contribution in [3.05, 3.63) is 38.9 Å². The minimum Gasteiger partial charge on any atom is -0.205 e. The lowest BCUT2D eigenvalue weighted by Crippen LogP contribution is -1.75. The molecular weight excluding hydrogens is 213 g/mol. The molecule has 0 bridgehead atoms. The van der Waals surface area contributed by atoms with Gasteiger partial charge in [0.1, 0.15) is 5.82 Å². The smallest absolute Gasteiger partial charge is 0.146 e. The first-order valence-electron chi connectivity index (χ1n) is 2.75. The summed E-state index contributed by atoms with van der Waals surface area (Å²) < 4.78 is 13.2. The van der Waals surface area contributed by atoms with E-state index < -0.39 is 5.82 Å². The molecule has 1 aromatic rings. The summed E-state index contributed by atoms with van der Waals surface area (Å²) in [7, 11) is 0. The third kappa shape index (κ3) is 1.69. The maximum Gasteiger partial charge on any atom is 0.146 e. The average molecular weight is 216 g/mol. The average Bonchev–Trinajstić information content (AvgIpc) is 1.99. The van der Waals surface area contributed by atoms with E-state index in [1.807, 2.05) is 0 Å². The van der Waals surface area contributed by atoms with Crippen LogP contribution in [0.1, 0.15) is 0 Å². The molecule has 0 fully saturated rings. The molecule has 56 valence electrons. The summed E-state index contributed by atoms with van der Waals surface area (Å²) in [6, 6.07) is 4.53. The first kappa shape index (κ1) is 8.04. The Labute approximate surface area is 70.6 Å². The van der Waals surface area contributed by atoms with Crippen LogP contribution >= 0.6 is 15.9 Å². The molecule has 0 amide bonds. The zero-order valence-electron chi connectivity index (χ0n) is 5.33.